The van der Waals surface area contributed by atoms with Crippen molar-refractivity contribution in [3.05, 3.63) is 41.7 Å². The molecule has 1 aromatic carbocycles. The number of anilines is 1. The normalized spacial score (nSPS) is 11.2. The fourth-order valence-electron chi connectivity index (χ4n) is 1.73. The van der Waals surface area contributed by atoms with Crippen molar-refractivity contribution < 1.29 is 14.1 Å². The highest BCUT2D eigenvalue weighted by atomic mass is 16.5. The fraction of sp³-hybridized carbons (Fsp3) is 0.375. The minimum atomic E-state index is -0.271. The van der Waals surface area contributed by atoms with Crippen molar-refractivity contribution in [3.63, 3.8) is 0 Å². The molecule has 2 aromatic rings. The van der Waals surface area contributed by atoms with Crippen molar-refractivity contribution in [1.29, 1.82) is 0 Å². The molecule has 0 atom stereocenters. The van der Waals surface area contributed by atoms with E-state index in [2.05, 4.69) is 10.5 Å². The van der Waals surface area contributed by atoms with Crippen molar-refractivity contribution in [1.82, 2.24) is 5.16 Å². The topological polar surface area (TPSA) is 64.4 Å². The zero-order chi connectivity index (χ0) is 15.5. The molecule has 5 nitrogen and oxygen atoms in total. The molecule has 0 aliphatic carbocycles. The van der Waals surface area contributed by atoms with E-state index in [0.717, 1.165) is 11.3 Å². The van der Waals surface area contributed by atoms with Crippen LogP contribution >= 0.6 is 0 Å². The molecule has 0 aliphatic heterocycles. The molecule has 1 heterocycles. The van der Waals surface area contributed by atoms with Gasteiger partial charge >= 0.3 is 0 Å². The number of carbonyl (C=O) groups excluding carboxylic acids is 1. The summed E-state index contributed by atoms with van der Waals surface area (Å²) in [7, 11) is 0. The molecule has 0 spiro atoms. The monoisotopic (exact) mass is 288 g/mol. The van der Waals surface area contributed by atoms with E-state index >= 15 is 0 Å². The van der Waals surface area contributed by atoms with E-state index in [1.54, 1.807) is 6.07 Å². The highest BCUT2D eigenvalue weighted by Crippen LogP contribution is 2.24. The number of nitrogens with one attached hydrogen (secondary N) is 1. The Morgan fingerprint density at radius 1 is 1.33 bits per heavy atom. The molecule has 1 amide bonds. The van der Waals surface area contributed by atoms with Gasteiger partial charge < -0.3 is 14.6 Å². The number of carbonyl (C=O) groups is 1. The Morgan fingerprint density at radius 2 is 2.05 bits per heavy atom. The van der Waals surface area contributed by atoms with Gasteiger partial charge in [-0.05, 0) is 18.6 Å². The number of aromatic nitrogens is 1. The zero-order valence-electron chi connectivity index (χ0n) is 12.8. The van der Waals surface area contributed by atoms with Crippen LogP contribution in [0.2, 0.25) is 0 Å². The molecule has 0 bridgehead atoms. The number of amides is 1. The predicted molar refractivity (Wildman–Crippen MR) is 80.5 cm³/mol. The maximum absolute atomic E-state index is 11.8. The molecule has 0 fully saturated rings. The smallest absolute Gasteiger partial charge is 0.263 e. The first kappa shape index (κ1) is 15.1. The number of aryl methyl sites for hydroxylation is 1. The van der Waals surface area contributed by atoms with Gasteiger partial charge in [-0.2, -0.15) is 0 Å². The Labute approximate surface area is 124 Å². The summed E-state index contributed by atoms with van der Waals surface area (Å²) < 4.78 is 10.7. The van der Waals surface area contributed by atoms with Crippen molar-refractivity contribution in [2.24, 2.45) is 0 Å². The van der Waals surface area contributed by atoms with Crippen molar-refractivity contribution >= 4 is 11.7 Å². The molecule has 0 unspecified atom stereocenters. The Balaban J connectivity index is 1.90. The lowest BCUT2D eigenvalue weighted by atomic mass is 9.93. The van der Waals surface area contributed by atoms with Crippen LogP contribution in [0.4, 0.5) is 5.82 Å². The summed E-state index contributed by atoms with van der Waals surface area (Å²) in [5.74, 6) is 1.55. The lowest BCUT2D eigenvalue weighted by Gasteiger charge is -2.12. The van der Waals surface area contributed by atoms with Gasteiger partial charge in [0.05, 0.1) is 0 Å². The highest BCUT2D eigenvalue weighted by molar-refractivity contribution is 5.90. The van der Waals surface area contributed by atoms with Crippen LogP contribution in [-0.4, -0.2) is 17.7 Å². The zero-order valence-corrected chi connectivity index (χ0v) is 12.8. The van der Waals surface area contributed by atoms with Crippen LogP contribution in [0.5, 0.6) is 5.75 Å². The van der Waals surface area contributed by atoms with Crippen molar-refractivity contribution in [2.75, 3.05) is 11.9 Å². The van der Waals surface area contributed by atoms with Crippen LogP contribution in [0, 0.1) is 6.92 Å². The average molecular weight is 288 g/mol. The maximum Gasteiger partial charge on any atom is 0.263 e. The van der Waals surface area contributed by atoms with Gasteiger partial charge in [-0.15, -0.1) is 0 Å². The van der Waals surface area contributed by atoms with Crippen molar-refractivity contribution in [2.45, 2.75) is 33.1 Å². The molecule has 2 rings (SSSR count). The summed E-state index contributed by atoms with van der Waals surface area (Å²) in [6.07, 6.45) is 0. The first-order valence-electron chi connectivity index (χ1n) is 6.82. The molecule has 0 radical (unpaired) electrons. The van der Waals surface area contributed by atoms with E-state index in [-0.39, 0.29) is 17.9 Å². The van der Waals surface area contributed by atoms with Gasteiger partial charge in [0.15, 0.2) is 12.4 Å². The van der Waals surface area contributed by atoms with Crippen LogP contribution in [0.1, 0.15) is 32.1 Å². The molecular formula is C16H20N2O3. The molecule has 0 saturated heterocycles. The van der Waals surface area contributed by atoms with Crippen LogP contribution in [-0.2, 0) is 10.2 Å². The molecule has 1 aromatic heterocycles. The van der Waals surface area contributed by atoms with E-state index in [9.17, 15) is 4.79 Å². The fourth-order valence-corrected chi connectivity index (χ4v) is 1.73. The molecule has 1 N–H and O–H groups in total. The summed E-state index contributed by atoms with van der Waals surface area (Å²) in [6.45, 7) is 7.91. The van der Waals surface area contributed by atoms with Crippen LogP contribution in [0.15, 0.2) is 34.9 Å². The van der Waals surface area contributed by atoms with Gasteiger partial charge in [0.25, 0.3) is 5.91 Å². The first-order valence-corrected chi connectivity index (χ1v) is 6.82. The molecule has 0 aliphatic rings. The Bertz CT molecular complexity index is 626. The second kappa shape index (κ2) is 5.99. The summed E-state index contributed by atoms with van der Waals surface area (Å²) in [6, 6.07) is 9.28. The van der Waals surface area contributed by atoms with Gasteiger partial charge in [0, 0.05) is 11.5 Å². The number of hydrogen-bond acceptors (Lipinski definition) is 4. The summed E-state index contributed by atoms with van der Waals surface area (Å²) in [4.78, 5) is 11.8. The summed E-state index contributed by atoms with van der Waals surface area (Å²) in [5.41, 5.74) is 0.843. The molecule has 112 valence electrons. The SMILES string of the molecule is Cc1ccccc1OCC(=O)Nc1cc(C(C)(C)C)on1. The summed E-state index contributed by atoms with van der Waals surface area (Å²) >= 11 is 0. The number of ether oxygens (including phenoxy) is 1. The van der Waals surface area contributed by atoms with Crippen LogP contribution in [0.3, 0.4) is 0 Å². The predicted octanol–water partition coefficient (Wildman–Crippen LogP) is 3.30. The quantitative estimate of drug-likeness (QED) is 0.937. The van der Waals surface area contributed by atoms with E-state index < -0.39 is 0 Å². The third-order valence-corrected chi connectivity index (χ3v) is 2.97. The minimum Gasteiger partial charge on any atom is -0.483 e. The standard InChI is InChI=1S/C16H20N2O3/c1-11-7-5-6-8-12(11)20-10-15(19)17-14-9-13(21-18-14)16(2,3)4/h5-9H,10H2,1-4H3,(H,17,18,19). The van der Waals surface area contributed by atoms with Crippen LogP contribution in [0.25, 0.3) is 0 Å². The third-order valence-electron chi connectivity index (χ3n) is 2.97. The second-order valence-electron chi connectivity index (χ2n) is 5.93. The number of hydrogen-bond donors (Lipinski definition) is 1. The molecule has 21 heavy (non-hydrogen) atoms. The van der Waals surface area contributed by atoms with E-state index in [4.69, 9.17) is 9.26 Å². The highest BCUT2D eigenvalue weighted by Gasteiger charge is 2.20. The van der Waals surface area contributed by atoms with Gasteiger partial charge in [0.2, 0.25) is 0 Å². The molecular weight excluding hydrogens is 268 g/mol. The minimum absolute atomic E-state index is 0.0669. The molecule has 0 saturated carbocycles. The first-order chi connectivity index (χ1) is 9.86. The number of benzene rings is 1. The second-order valence-corrected chi connectivity index (χ2v) is 5.93. The Kier molecular flexibility index (Phi) is 4.31. The summed E-state index contributed by atoms with van der Waals surface area (Å²) in [5, 5.41) is 6.49. The van der Waals surface area contributed by atoms with Gasteiger partial charge in [-0.1, -0.05) is 44.1 Å². The van der Waals surface area contributed by atoms with Crippen molar-refractivity contribution in [3.8, 4) is 5.75 Å². The van der Waals surface area contributed by atoms with Gasteiger partial charge in [-0.25, -0.2) is 0 Å². The third kappa shape index (κ3) is 4.08. The van der Waals surface area contributed by atoms with E-state index in [0.29, 0.717) is 11.6 Å². The number of rotatable bonds is 4. The maximum atomic E-state index is 11.8. The average Bonchev–Trinajstić information content (AvgIpc) is 2.86. The van der Waals surface area contributed by atoms with Crippen LogP contribution < -0.4 is 10.1 Å². The van der Waals surface area contributed by atoms with Gasteiger partial charge in [-0.3, -0.25) is 4.79 Å². The number of nitrogens with zero attached hydrogens (tertiary/aromatic N) is 1. The van der Waals surface area contributed by atoms with E-state index in [1.165, 1.54) is 0 Å². The largest absolute Gasteiger partial charge is 0.483 e. The lowest BCUT2D eigenvalue weighted by molar-refractivity contribution is -0.118. The van der Waals surface area contributed by atoms with Gasteiger partial charge in [0.1, 0.15) is 11.5 Å². The number of para-hydroxylation sites is 1. The molecule has 5 heteroatoms. The lowest BCUT2D eigenvalue weighted by Crippen LogP contribution is -2.20. The Hall–Kier alpha value is -2.30. The van der Waals surface area contributed by atoms with E-state index in [1.807, 2.05) is 52.0 Å². The Morgan fingerprint density at radius 3 is 2.67 bits per heavy atom.